The van der Waals surface area contributed by atoms with E-state index in [0.717, 1.165) is 54.2 Å². The second kappa shape index (κ2) is 8.74. The minimum Gasteiger partial charge on any atom is -0.371 e. The summed E-state index contributed by atoms with van der Waals surface area (Å²) in [5.41, 5.74) is 4.03. The van der Waals surface area contributed by atoms with Crippen LogP contribution in [-0.2, 0) is 4.79 Å². The Morgan fingerprint density at radius 1 is 0.969 bits per heavy atom. The summed E-state index contributed by atoms with van der Waals surface area (Å²) in [6.07, 6.45) is 7.42. The number of nitrogens with zero attached hydrogens (tertiary/aromatic N) is 5. The first-order valence-corrected chi connectivity index (χ1v) is 11.4. The Kier molecular flexibility index (Phi) is 5.66. The van der Waals surface area contributed by atoms with Gasteiger partial charge in [-0.3, -0.25) is 14.7 Å². The van der Waals surface area contributed by atoms with Crippen LogP contribution in [0.4, 0.5) is 17.2 Å². The molecule has 1 amide bonds. The molecule has 2 aliphatic rings. The van der Waals surface area contributed by atoms with Crippen LogP contribution in [0.25, 0.3) is 10.9 Å². The number of pyridine rings is 2. The molecule has 1 aromatic carbocycles. The smallest absolute Gasteiger partial charge is 0.244 e. The van der Waals surface area contributed by atoms with Gasteiger partial charge in [-0.2, -0.15) is 0 Å². The van der Waals surface area contributed by atoms with Crippen molar-refractivity contribution in [2.75, 3.05) is 50.5 Å². The fourth-order valence-corrected chi connectivity index (χ4v) is 4.73. The lowest BCUT2D eigenvalue weighted by atomic mass is 10.0. The number of amides is 1. The number of benzene rings is 1. The minimum absolute atomic E-state index is 0.116. The Morgan fingerprint density at radius 3 is 2.59 bits per heavy atom. The predicted octanol–water partition coefficient (Wildman–Crippen LogP) is 3.81. The first kappa shape index (κ1) is 20.7. The lowest BCUT2D eigenvalue weighted by Crippen LogP contribution is -2.49. The topological polar surface area (TPSA) is 64.6 Å². The lowest BCUT2D eigenvalue weighted by Gasteiger charge is -2.36. The summed E-state index contributed by atoms with van der Waals surface area (Å²) in [6, 6.07) is 12.2. The maximum absolute atomic E-state index is 12.7. The van der Waals surface area contributed by atoms with Crippen LogP contribution < -0.4 is 10.2 Å². The number of likely N-dealkylation sites (N-methyl/N-ethyl adjacent to an activating group) is 2. The van der Waals surface area contributed by atoms with E-state index in [4.69, 9.17) is 0 Å². The third-order valence-corrected chi connectivity index (χ3v) is 6.61. The van der Waals surface area contributed by atoms with Gasteiger partial charge in [0.2, 0.25) is 5.91 Å². The average Bonchev–Trinajstić information content (AvgIpc) is 2.83. The molecule has 2 aromatic heterocycles. The molecular formula is C25H30N6O. The fourth-order valence-electron chi connectivity index (χ4n) is 4.73. The largest absolute Gasteiger partial charge is 0.371 e. The quantitative estimate of drug-likeness (QED) is 0.679. The number of carbonyl (C=O) groups excluding carboxylic acids is 1. The SMILES string of the molecule is CN1CCN(C)C(c2ccc(Nc3cc(N4CCCCC4)cc4cccnc34)nc2)C1=O. The Balaban J connectivity index is 1.43. The molecule has 1 N–H and O–H groups in total. The Morgan fingerprint density at radius 2 is 1.81 bits per heavy atom. The van der Waals surface area contributed by atoms with Crippen LogP contribution in [0, 0.1) is 0 Å². The highest BCUT2D eigenvalue weighted by Gasteiger charge is 2.32. The number of fused-ring (bicyclic) bond motifs is 1. The lowest BCUT2D eigenvalue weighted by molar-refractivity contribution is -0.139. The number of hydrogen-bond acceptors (Lipinski definition) is 6. The van der Waals surface area contributed by atoms with E-state index in [2.05, 4.69) is 43.3 Å². The Bertz CT molecular complexity index is 1110. The molecule has 166 valence electrons. The number of nitrogens with one attached hydrogen (secondary N) is 1. The summed E-state index contributed by atoms with van der Waals surface area (Å²) in [6.45, 7) is 3.80. The Hall–Kier alpha value is -3.19. The van der Waals surface area contributed by atoms with Crippen molar-refractivity contribution in [1.82, 2.24) is 19.8 Å². The van der Waals surface area contributed by atoms with E-state index in [9.17, 15) is 4.79 Å². The van der Waals surface area contributed by atoms with Gasteiger partial charge in [0.05, 0.1) is 11.2 Å². The average molecular weight is 431 g/mol. The molecule has 7 heteroatoms. The molecule has 0 spiro atoms. The molecule has 2 fully saturated rings. The van der Waals surface area contributed by atoms with E-state index in [1.54, 1.807) is 4.90 Å². The van der Waals surface area contributed by atoms with Crippen LogP contribution in [0.5, 0.6) is 0 Å². The first-order valence-electron chi connectivity index (χ1n) is 11.4. The zero-order valence-electron chi connectivity index (χ0n) is 18.8. The first-order chi connectivity index (χ1) is 15.6. The molecule has 0 saturated carbocycles. The summed E-state index contributed by atoms with van der Waals surface area (Å²) in [5, 5.41) is 4.60. The van der Waals surface area contributed by atoms with Crippen molar-refractivity contribution in [3.8, 4) is 0 Å². The van der Waals surface area contributed by atoms with Crippen LogP contribution in [0.1, 0.15) is 30.9 Å². The van der Waals surface area contributed by atoms with Gasteiger partial charge in [0, 0.05) is 56.7 Å². The second-order valence-corrected chi connectivity index (χ2v) is 8.86. The summed E-state index contributed by atoms with van der Waals surface area (Å²) in [4.78, 5) is 28.3. The molecule has 2 saturated heterocycles. The van der Waals surface area contributed by atoms with E-state index in [-0.39, 0.29) is 11.9 Å². The van der Waals surface area contributed by atoms with Crippen molar-refractivity contribution < 1.29 is 4.79 Å². The highest BCUT2D eigenvalue weighted by atomic mass is 16.2. The standard InChI is InChI=1S/C25H30N6O/c1-29-13-14-30(2)25(32)24(29)19-8-9-22(27-17-19)28-21-16-20(31-11-4-3-5-12-31)15-18-7-6-10-26-23(18)21/h6-10,15-17,24H,3-5,11-14H2,1-2H3,(H,27,28). The summed E-state index contributed by atoms with van der Waals surface area (Å²) < 4.78 is 0. The van der Waals surface area contributed by atoms with E-state index in [0.29, 0.717) is 0 Å². The highest BCUT2D eigenvalue weighted by molar-refractivity contribution is 5.95. The third kappa shape index (κ3) is 4.00. The molecule has 0 aliphatic carbocycles. The summed E-state index contributed by atoms with van der Waals surface area (Å²) in [7, 11) is 3.85. The zero-order chi connectivity index (χ0) is 22.1. The van der Waals surface area contributed by atoms with Crippen molar-refractivity contribution in [3.05, 3.63) is 54.4 Å². The fraction of sp³-hybridized carbons (Fsp3) is 0.400. The molecule has 7 nitrogen and oxygen atoms in total. The molecule has 5 rings (SSSR count). The van der Waals surface area contributed by atoms with Gasteiger partial charge in [-0.25, -0.2) is 4.98 Å². The molecule has 0 radical (unpaired) electrons. The van der Waals surface area contributed by atoms with Crippen molar-refractivity contribution in [3.63, 3.8) is 0 Å². The molecule has 1 atom stereocenters. The third-order valence-electron chi connectivity index (χ3n) is 6.61. The molecule has 4 heterocycles. The van der Waals surface area contributed by atoms with Gasteiger partial charge in [0.25, 0.3) is 0 Å². The molecular weight excluding hydrogens is 400 g/mol. The van der Waals surface area contributed by atoms with Crippen molar-refractivity contribution in [2.24, 2.45) is 0 Å². The zero-order valence-corrected chi connectivity index (χ0v) is 18.8. The van der Waals surface area contributed by atoms with Crippen LogP contribution >= 0.6 is 0 Å². The van der Waals surface area contributed by atoms with E-state index in [1.165, 1.54) is 24.9 Å². The normalized spacial score (nSPS) is 20.1. The highest BCUT2D eigenvalue weighted by Crippen LogP contribution is 2.32. The monoisotopic (exact) mass is 430 g/mol. The summed E-state index contributed by atoms with van der Waals surface area (Å²) in [5.74, 6) is 0.862. The van der Waals surface area contributed by atoms with Gasteiger partial charge >= 0.3 is 0 Å². The maximum Gasteiger partial charge on any atom is 0.244 e. The number of piperidine rings is 1. The van der Waals surface area contributed by atoms with Crippen LogP contribution in [0.2, 0.25) is 0 Å². The van der Waals surface area contributed by atoms with Crippen LogP contribution in [-0.4, -0.2) is 65.9 Å². The van der Waals surface area contributed by atoms with E-state index >= 15 is 0 Å². The van der Waals surface area contributed by atoms with Gasteiger partial charge in [-0.1, -0.05) is 12.1 Å². The van der Waals surface area contributed by atoms with Gasteiger partial charge in [-0.15, -0.1) is 0 Å². The Labute approximate surface area is 189 Å². The summed E-state index contributed by atoms with van der Waals surface area (Å²) >= 11 is 0. The van der Waals surface area contributed by atoms with Gasteiger partial charge in [0.15, 0.2) is 0 Å². The van der Waals surface area contributed by atoms with Crippen molar-refractivity contribution in [2.45, 2.75) is 25.3 Å². The maximum atomic E-state index is 12.7. The predicted molar refractivity (Wildman–Crippen MR) is 128 cm³/mol. The number of hydrogen-bond donors (Lipinski definition) is 1. The van der Waals surface area contributed by atoms with Gasteiger partial charge in [0.1, 0.15) is 11.9 Å². The minimum atomic E-state index is -0.278. The number of carbonyl (C=O) groups is 1. The molecule has 1 unspecified atom stereocenters. The second-order valence-electron chi connectivity index (χ2n) is 8.86. The molecule has 32 heavy (non-hydrogen) atoms. The van der Waals surface area contributed by atoms with Crippen LogP contribution in [0.15, 0.2) is 48.8 Å². The van der Waals surface area contributed by atoms with Gasteiger partial charge < -0.3 is 15.1 Å². The molecule has 2 aliphatic heterocycles. The number of piperazine rings is 1. The van der Waals surface area contributed by atoms with Crippen molar-refractivity contribution in [1.29, 1.82) is 0 Å². The molecule has 0 bridgehead atoms. The van der Waals surface area contributed by atoms with Gasteiger partial charge in [-0.05, 0) is 56.1 Å². The number of anilines is 3. The number of rotatable bonds is 4. The molecule has 3 aromatic rings. The van der Waals surface area contributed by atoms with Crippen LogP contribution in [0.3, 0.4) is 0 Å². The van der Waals surface area contributed by atoms with E-state index < -0.39 is 0 Å². The number of aromatic nitrogens is 2. The van der Waals surface area contributed by atoms with E-state index in [1.807, 2.05) is 44.7 Å². The van der Waals surface area contributed by atoms with Crippen molar-refractivity contribution >= 4 is 34.0 Å².